The summed E-state index contributed by atoms with van der Waals surface area (Å²) >= 11 is 1.44. The van der Waals surface area contributed by atoms with Crippen LogP contribution in [0.15, 0.2) is 46.0 Å². The van der Waals surface area contributed by atoms with Gasteiger partial charge in [-0.3, -0.25) is 0 Å². The van der Waals surface area contributed by atoms with Gasteiger partial charge in [-0.15, -0.1) is 10.2 Å². The van der Waals surface area contributed by atoms with Crippen molar-refractivity contribution in [3.8, 4) is 34.5 Å². The van der Waals surface area contributed by atoms with Crippen molar-refractivity contribution in [3.63, 3.8) is 0 Å². The fourth-order valence-electron chi connectivity index (χ4n) is 2.55. The maximum Gasteiger partial charge on any atom is 0.277 e. The summed E-state index contributed by atoms with van der Waals surface area (Å²) < 4.78 is 27.2. The molecule has 0 amide bonds. The van der Waals surface area contributed by atoms with Crippen molar-refractivity contribution >= 4 is 11.8 Å². The molecule has 27 heavy (non-hydrogen) atoms. The number of methoxy groups -OCH3 is 4. The van der Waals surface area contributed by atoms with Crippen LogP contribution < -0.4 is 18.9 Å². The highest BCUT2D eigenvalue weighted by atomic mass is 32.2. The van der Waals surface area contributed by atoms with Gasteiger partial charge >= 0.3 is 0 Å². The molecular formula is C19H20N2O5S. The number of hydrogen-bond acceptors (Lipinski definition) is 8. The normalized spacial score (nSPS) is 10.5. The molecule has 0 radical (unpaired) electrons. The molecule has 1 heterocycles. The lowest BCUT2D eigenvalue weighted by Crippen LogP contribution is -1.95. The van der Waals surface area contributed by atoms with E-state index in [0.717, 1.165) is 11.3 Å². The van der Waals surface area contributed by atoms with Crippen LogP contribution in [0.4, 0.5) is 0 Å². The number of aromatic nitrogens is 2. The molecule has 0 aliphatic heterocycles. The summed E-state index contributed by atoms with van der Waals surface area (Å²) in [6, 6.07) is 11.4. The van der Waals surface area contributed by atoms with Gasteiger partial charge < -0.3 is 23.4 Å². The average molecular weight is 388 g/mol. The van der Waals surface area contributed by atoms with Gasteiger partial charge in [-0.25, -0.2) is 0 Å². The van der Waals surface area contributed by atoms with E-state index in [9.17, 15) is 0 Å². The number of thioether (sulfide) groups is 1. The second kappa shape index (κ2) is 8.68. The van der Waals surface area contributed by atoms with E-state index in [0.29, 0.717) is 39.7 Å². The Morgan fingerprint density at radius 2 is 1.52 bits per heavy atom. The lowest BCUT2D eigenvalue weighted by molar-refractivity contribution is 0.324. The molecule has 0 bridgehead atoms. The lowest BCUT2D eigenvalue weighted by Gasteiger charge is -2.12. The number of benzene rings is 2. The second-order valence-electron chi connectivity index (χ2n) is 5.39. The van der Waals surface area contributed by atoms with Gasteiger partial charge in [-0.2, -0.15) is 0 Å². The van der Waals surface area contributed by atoms with Crippen molar-refractivity contribution in [2.75, 3.05) is 28.4 Å². The van der Waals surface area contributed by atoms with Gasteiger partial charge in [-0.05, 0) is 18.2 Å². The van der Waals surface area contributed by atoms with Crippen molar-refractivity contribution in [1.29, 1.82) is 0 Å². The summed E-state index contributed by atoms with van der Waals surface area (Å²) in [6.07, 6.45) is 0. The Balaban J connectivity index is 1.81. The first-order chi connectivity index (χ1) is 13.2. The standard InChI is InChI=1S/C19H20N2O5S/c1-22-14-8-6-5-7-12(14)11-27-19-21-20-18(26-19)13-9-15(23-2)17(25-4)16(10-13)24-3/h5-10H,11H2,1-4H3. The zero-order valence-electron chi connectivity index (χ0n) is 15.5. The molecule has 0 saturated carbocycles. The number of hydrogen-bond donors (Lipinski definition) is 0. The summed E-state index contributed by atoms with van der Waals surface area (Å²) in [4.78, 5) is 0. The molecular weight excluding hydrogens is 368 g/mol. The molecule has 7 nitrogen and oxygen atoms in total. The number of para-hydroxylation sites is 1. The number of ether oxygens (including phenoxy) is 4. The van der Waals surface area contributed by atoms with Gasteiger partial charge in [0.25, 0.3) is 5.22 Å². The molecule has 0 fully saturated rings. The summed E-state index contributed by atoms with van der Waals surface area (Å²) in [5.74, 6) is 3.41. The molecule has 1 aromatic heterocycles. The lowest BCUT2D eigenvalue weighted by atomic mass is 10.2. The van der Waals surface area contributed by atoms with Crippen LogP contribution in [0.25, 0.3) is 11.5 Å². The Kier molecular flexibility index (Phi) is 6.08. The zero-order valence-corrected chi connectivity index (χ0v) is 16.3. The minimum Gasteiger partial charge on any atom is -0.496 e. The van der Waals surface area contributed by atoms with Gasteiger partial charge in [-0.1, -0.05) is 30.0 Å². The van der Waals surface area contributed by atoms with Crippen molar-refractivity contribution in [1.82, 2.24) is 10.2 Å². The maximum absolute atomic E-state index is 5.79. The third kappa shape index (κ3) is 4.11. The Labute approximate surface area is 161 Å². The molecule has 0 spiro atoms. The Hall–Kier alpha value is -2.87. The molecule has 0 aliphatic rings. The molecule has 0 N–H and O–H groups in total. The fourth-order valence-corrected chi connectivity index (χ4v) is 3.30. The quantitative estimate of drug-likeness (QED) is 0.535. The van der Waals surface area contributed by atoms with Gasteiger partial charge in [0.2, 0.25) is 11.6 Å². The third-order valence-corrected chi connectivity index (χ3v) is 4.73. The SMILES string of the molecule is COc1ccccc1CSc1nnc(-c2cc(OC)c(OC)c(OC)c2)o1. The molecule has 0 saturated heterocycles. The largest absolute Gasteiger partial charge is 0.496 e. The topological polar surface area (TPSA) is 75.8 Å². The van der Waals surface area contributed by atoms with Gasteiger partial charge in [0.1, 0.15) is 5.75 Å². The second-order valence-corrected chi connectivity index (χ2v) is 6.31. The summed E-state index contributed by atoms with van der Waals surface area (Å²) in [7, 11) is 6.32. The molecule has 0 atom stereocenters. The Morgan fingerprint density at radius 1 is 0.852 bits per heavy atom. The molecule has 0 aliphatic carbocycles. The van der Waals surface area contributed by atoms with E-state index in [1.54, 1.807) is 40.6 Å². The maximum atomic E-state index is 5.79. The minimum atomic E-state index is 0.372. The highest BCUT2D eigenvalue weighted by Gasteiger charge is 2.18. The van der Waals surface area contributed by atoms with Crippen LogP contribution in [0, 0.1) is 0 Å². The van der Waals surface area contributed by atoms with Gasteiger partial charge in [0.15, 0.2) is 11.5 Å². The van der Waals surface area contributed by atoms with E-state index in [1.165, 1.54) is 11.8 Å². The summed E-state index contributed by atoms with van der Waals surface area (Å²) in [6.45, 7) is 0. The van der Waals surface area contributed by atoms with Crippen LogP contribution >= 0.6 is 11.8 Å². The molecule has 2 aromatic carbocycles. The van der Waals surface area contributed by atoms with Crippen molar-refractivity contribution < 1.29 is 23.4 Å². The first kappa shape index (κ1) is 18.9. The van der Waals surface area contributed by atoms with Crippen LogP contribution in [-0.4, -0.2) is 38.6 Å². The zero-order chi connectivity index (χ0) is 19.2. The van der Waals surface area contributed by atoms with E-state index in [4.69, 9.17) is 23.4 Å². The highest BCUT2D eigenvalue weighted by molar-refractivity contribution is 7.98. The summed E-state index contributed by atoms with van der Waals surface area (Å²) in [5, 5.41) is 8.70. The molecule has 3 rings (SSSR count). The van der Waals surface area contributed by atoms with Crippen LogP contribution in [0.1, 0.15) is 5.56 Å². The van der Waals surface area contributed by atoms with E-state index >= 15 is 0 Å². The first-order valence-corrected chi connectivity index (χ1v) is 9.07. The predicted octanol–water partition coefficient (Wildman–Crippen LogP) is 4.06. The fraction of sp³-hybridized carbons (Fsp3) is 0.263. The number of nitrogens with zero attached hydrogens (tertiary/aromatic N) is 2. The Morgan fingerprint density at radius 3 is 2.15 bits per heavy atom. The van der Waals surface area contributed by atoms with Gasteiger partial charge in [0, 0.05) is 16.9 Å². The predicted molar refractivity (Wildman–Crippen MR) is 102 cm³/mol. The Bertz CT molecular complexity index is 888. The molecule has 0 unspecified atom stereocenters. The molecule has 142 valence electrons. The summed E-state index contributed by atoms with van der Waals surface area (Å²) in [5.41, 5.74) is 1.73. The van der Waals surface area contributed by atoms with E-state index in [1.807, 2.05) is 24.3 Å². The van der Waals surface area contributed by atoms with Gasteiger partial charge in [0.05, 0.1) is 28.4 Å². The van der Waals surface area contributed by atoms with Crippen LogP contribution in [-0.2, 0) is 5.75 Å². The van der Waals surface area contributed by atoms with Crippen LogP contribution in [0.3, 0.4) is 0 Å². The van der Waals surface area contributed by atoms with E-state index < -0.39 is 0 Å². The minimum absolute atomic E-state index is 0.372. The van der Waals surface area contributed by atoms with Crippen molar-refractivity contribution in [2.24, 2.45) is 0 Å². The molecule has 8 heteroatoms. The van der Waals surface area contributed by atoms with E-state index in [2.05, 4.69) is 10.2 Å². The molecule has 3 aromatic rings. The van der Waals surface area contributed by atoms with Crippen LogP contribution in [0.5, 0.6) is 23.0 Å². The van der Waals surface area contributed by atoms with Crippen LogP contribution in [0.2, 0.25) is 0 Å². The number of rotatable bonds is 8. The highest BCUT2D eigenvalue weighted by Crippen LogP contribution is 2.41. The smallest absolute Gasteiger partial charge is 0.277 e. The average Bonchev–Trinajstić information content (AvgIpc) is 3.20. The van der Waals surface area contributed by atoms with Crippen molar-refractivity contribution in [2.45, 2.75) is 11.0 Å². The van der Waals surface area contributed by atoms with E-state index in [-0.39, 0.29) is 0 Å². The first-order valence-electron chi connectivity index (χ1n) is 8.08. The van der Waals surface area contributed by atoms with Crippen molar-refractivity contribution in [3.05, 3.63) is 42.0 Å². The monoisotopic (exact) mass is 388 g/mol. The third-order valence-electron chi connectivity index (χ3n) is 3.86.